The highest BCUT2D eigenvalue weighted by Gasteiger charge is 2.23. The molecule has 5 nitrogen and oxygen atoms in total. The average Bonchev–Trinajstić information content (AvgIpc) is 2.83. The number of nitrogens with one attached hydrogen (secondary N) is 2. The normalized spacial score (nSPS) is 22.7. The molecule has 2 atom stereocenters. The minimum absolute atomic E-state index is 0.0574. The molecule has 2 heterocycles. The highest BCUT2D eigenvalue weighted by Crippen LogP contribution is 2.14. The lowest BCUT2D eigenvalue weighted by atomic mass is 10.2. The van der Waals surface area contributed by atoms with Gasteiger partial charge in [0.2, 0.25) is 0 Å². The van der Waals surface area contributed by atoms with Crippen molar-refractivity contribution in [3.05, 3.63) is 16.6 Å². The van der Waals surface area contributed by atoms with Crippen molar-refractivity contribution in [2.24, 2.45) is 0 Å². The first-order valence-corrected chi connectivity index (χ1v) is 6.17. The van der Waals surface area contributed by atoms with E-state index in [9.17, 15) is 4.79 Å². The zero-order chi connectivity index (χ0) is 11.4. The zero-order valence-electron chi connectivity index (χ0n) is 9.10. The van der Waals surface area contributed by atoms with Crippen LogP contribution in [0.25, 0.3) is 0 Å². The van der Waals surface area contributed by atoms with E-state index >= 15 is 0 Å². The number of nitrogens with zero attached hydrogens (tertiary/aromatic N) is 1. The molecule has 88 valence electrons. The van der Waals surface area contributed by atoms with Crippen LogP contribution in [0.5, 0.6) is 0 Å². The van der Waals surface area contributed by atoms with Crippen LogP contribution in [-0.4, -0.2) is 36.7 Å². The minimum Gasteiger partial charge on any atom is -0.366 e. The second kappa shape index (κ2) is 5.38. The number of amides is 1. The number of ether oxygens (including phenoxy) is 1. The zero-order valence-corrected chi connectivity index (χ0v) is 9.92. The summed E-state index contributed by atoms with van der Waals surface area (Å²) in [5.74, 6) is -0.0742. The molecule has 0 aromatic carbocycles. The third-order valence-corrected chi connectivity index (χ3v) is 3.36. The number of carbonyl (C=O) groups is 1. The molecule has 2 rings (SSSR count). The maximum atomic E-state index is 11.8. The molecule has 0 saturated carbocycles. The molecule has 1 amide bonds. The van der Waals surface area contributed by atoms with Crippen molar-refractivity contribution in [2.45, 2.75) is 19.1 Å². The summed E-state index contributed by atoms with van der Waals surface area (Å²) in [5.41, 5.74) is 0. The summed E-state index contributed by atoms with van der Waals surface area (Å²) in [6.07, 6.45) is 1.36. The number of hydrogen-bond acceptors (Lipinski definition) is 5. The predicted octanol–water partition coefficient (Wildman–Crippen LogP) is 0.309. The largest absolute Gasteiger partial charge is 0.366 e. The third kappa shape index (κ3) is 2.78. The second-order valence-electron chi connectivity index (χ2n) is 3.66. The molecule has 1 saturated heterocycles. The van der Waals surface area contributed by atoms with E-state index in [4.69, 9.17) is 4.74 Å². The minimum atomic E-state index is -0.379. The smallest absolute Gasteiger partial charge is 0.251 e. The van der Waals surface area contributed by atoms with Gasteiger partial charge in [-0.3, -0.25) is 4.79 Å². The number of morpholine rings is 1. The lowest BCUT2D eigenvalue weighted by Crippen LogP contribution is -2.48. The van der Waals surface area contributed by atoms with Gasteiger partial charge in [-0.2, -0.15) is 0 Å². The van der Waals surface area contributed by atoms with Crippen molar-refractivity contribution in [2.75, 3.05) is 19.7 Å². The Kier molecular flexibility index (Phi) is 3.87. The molecule has 1 fully saturated rings. The van der Waals surface area contributed by atoms with Crippen LogP contribution < -0.4 is 10.6 Å². The molecule has 1 aliphatic heterocycles. The van der Waals surface area contributed by atoms with E-state index in [0.717, 1.165) is 11.6 Å². The Hall–Kier alpha value is -0.980. The first-order chi connectivity index (χ1) is 7.77. The van der Waals surface area contributed by atoms with Crippen LogP contribution in [0.4, 0.5) is 0 Å². The Morgan fingerprint density at radius 3 is 3.31 bits per heavy atom. The van der Waals surface area contributed by atoms with Gasteiger partial charge in [-0.15, -0.1) is 11.3 Å². The van der Waals surface area contributed by atoms with E-state index in [1.165, 1.54) is 11.3 Å². The van der Waals surface area contributed by atoms with Crippen LogP contribution in [0.2, 0.25) is 0 Å². The first kappa shape index (κ1) is 11.5. The van der Waals surface area contributed by atoms with Crippen LogP contribution >= 0.6 is 11.3 Å². The molecule has 6 heteroatoms. The molecule has 0 bridgehead atoms. The molecule has 1 aliphatic rings. The summed E-state index contributed by atoms with van der Waals surface area (Å²) in [5, 5.41) is 8.83. The number of thiazole rings is 1. The van der Waals surface area contributed by atoms with Crippen LogP contribution in [0.15, 0.2) is 11.6 Å². The van der Waals surface area contributed by atoms with E-state index in [2.05, 4.69) is 15.6 Å². The van der Waals surface area contributed by atoms with E-state index in [1.54, 1.807) is 6.20 Å². The van der Waals surface area contributed by atoms with Crippen molar-refractivity contribution in [3.63, 3.8) is 0 Å². The molecular formula is C10H15N3O2S. The lowest BCUT2D eigenvalue weighted by Gasteiger charge is -2.24. The monoisotopic (exact) mass is 241 g/mol. The Morgan fingerprint density at radius 2 is 2.69 bits per heavy atom. The maximum Gasteiger partial charge on any atom is 0.251 e. The molecule has 1 aromatic heterocycles. The maximum absolute atomic E-state index is 11.8. The predicted molar refractivity (Wildman–Crippen MR) is 61.3 cm³/mol. The van der Waals surface area contributed by atoms with Gasteiger partial charge >= 0.3 is 0 Å². The van der Waals surface area contributed by atoms with Gasteiger partial charge in [0, 0.05) is 24.7 Å². The molecule has 0 radical (unpaired) electrons. The van der Waals surface area contributed by atoms with Gasteiger partial charge in [-0.05, 0) is 6.92 Å². The number of carbonyl (C=O) groups excluding carboxylic acids is 1. The second-order valence-corrected chi connectivity index (χ2v) is 4.59. The molecule has 0 aliphatic carbocycles. The summed E-state index contributed by atoms with van der Waals surface area (Å²) in [6, 6.07) is -0.0574. The van der Waals surface area contributed by atoms with Crippen LogP contribution in [-0.2, 0) is 9.53 Å². The van der Waals surface area contributed by atoms with Crippen molar-refractivity contribution in [1.82, 2.24) is 15.6 Å². The Labute approximate surface area is 98.2 Å². The van der Waals surface area contributed by atoms with Gasteiger partial charge in [0.1, 0.15) is 11.1 Å². The van der Waals surface area contributed by atoms with Gasteiger partial charge in [0.05, 0.1) is 12.6 Å². The van der Waals surface area contributed by atoms with Gasteiger partial charge in [-0.1, -0.05) is 0 Å². The van der Waals surface area contributed by atoms with Crippen LogP contribution in [0.3, 0.4) is 0 Å². The fourth-order valence-corrected chi connectivity index (χ4v) is 2.20. The lowest BCUT2D eigenvalue weighted by molar-refractivity contribution is -0.134. The SMILES string of the molecule is CC(NC(=O)C1CNCCO1)c1nccs1. The van der Waals surface area contributed by atoms with Crippen LogP contribution in [0, 0.1) is 0 Å². The van der Waals surface area contributed by atoms with Crippen molar-refractivity contribution >= 4 is 17.2 Å². The summed E-state index contributed by atoms with van der Waals surface area (Å²) in [6.45, 7) is 3.90. The quantitative estimate of drug-likeness (QED) is 0.799. The number of hydrogen-bond donors (Lipinski definition) is 2. The van der Waals surface area contributed by atoms with Crippen molar-refractivity contribution in [3.8, 4) is 0 Å². The van der Waals surface area contributed by atoms with Gasteiger partial charge < -0.3 is 15.4 Å². The van der Waals surface area contributed by atoms with Gasteiger partial charge in [0.15, 0.2) is 0 Å². The molecule has 1 aromatic rings. The van der Waals surface area contributed by atoms with Crippen molar-refractivity contribution < 1.29 is 9.53 Å². The Balaban J connectivity index is 1.86. The molecule has 2 N–H and O–H groups in total. The van der Waals surface area contributed by atoms with Crippen molar-refractivity contribution in [1.29, 1.82) is 0 Å². The Morgan fingerprint density at radius 1 is 1.81 bits per heavy atom. The topological polar surface area (TPSA) is 63.2 Å². The number of aromatic nitrogens is 1. The van der Waals surface area contributed by atoms with Gasteiger partial charge in [0.25, 0.3) is 5.91 Å². The van der Waals surface area contributed by atoms with E-state index in [-0.39, 0.29) is 18.1 Å². The molecular weight excluding hydrogens is 226 g/mol. The van der Waals surface area contributed by atoms with E-state index in [1.807, 2.05) is 12.3 Å². The van der Waals surface area contributed by atoms with E-state index < -0.39 is 0 Å². The third-order valence-electron chi connectivity index (χ3n) is 2.40. The Bertz CT molecular complexity index is 336. The first-order valence-electron chi connectivity index (χ1n) is 5.29. The van der Waals surface area contributed by atoms with E-state index in [0.29, 0.717) is 13.2 Å². The summed E-state index contributed by atoms with van der Waals surface area (Å²) in [7, 11) is 0. The highest BCUT2D eigenvalue weighted by molar-refractivity contribution is 7.09. The average molecular weight is 241 g/mol. The molecule has 2 unspecified atom stereocenters. The summed E-state index contributed by atoms with van der Waals surface area (Å²) >= 11 is 1.54. The number of rotatable bonds is 3. The summed E-state index contributed by atoms with van der Waals surface area (Å²) in [4.78, 5) is 16.0. The molecule has 16 heavy (non-hydrogen) atoms. The fraction of sp³-hybridized carbons (Fsp3) is 0.600. The summed E-state index contributed by atoms with van der Waals surface area (Å²) < 4.78 is 5.37. The fourth-order valence-electron chi connectivity index (χ4n) is 1.55. The highest BCUT2D eigenvalue weighted by atomic mass is 32.1. The van der Waals surface area contributed by atoms with Crippen LogP contribution in [0.1, 0.15) is 18.0 Å². The standard InChI is InChI=1S/C10H15N3O2S/c1-7(10-12-3-5-16-10)13-9(14)8-6-11-2-4-15-8/h3,5,7-8,11H,2,4,6H2,1H3,(H,13,14). The molecule has 0 spiro atoms. The van der Waals surface area contributed by atoms with Gasteiger partial charge in [-0.25, -0.2) is 4.98 Å².